The number of halogens is 2. The Balaban J connectivity index is 0.00000231. The van der Waals surface area contributed by atoms with Crippen LogP contribution in [0.1, 0.15) is 94.1 Å². The molecular weight excluding hydrogens is 421 g/mol. The van der Waals surface area contributed by atoms with E-state index < -0.39 is 0 Å². The molecule has 0 heterocycles. The first-order chi connectivity index (χ1) is 14.8. The van der Waals surface area contributed by atoms with Crippen LogP contribution in [-0.4, -0.2) is 13.1 Å². The van der Waals surface area contributed by atoms with Crippen molar-refractivity contribution in [3.05, 3.63) is 34.3 Å². The monoisotopic (exact) mass is 459 g/mol. The average molecular weight is 461 g/mol. The highest BCUT2D eigenvalue weighted by Crippen LogP contribution is 2.59. The van der Waals surface area contributed by atoms with E-state index in [9.17, 15) is 0 Å². The molecule has 0 saturated heterocycles. The number of rotatable bonds is 6. The second-order valence-corrected chi connectivity index (χ2v) is 11.2. The molecule has 5 fully saturated rings. The van der Waals surface area contributed by atoms with E-state index in [4.69, 9.17) is 11.6 Å². The third-order valence-corrected chi connectivity index (χ3v) is 9.02. The van der Waals surface area contributed by atoms with Gasteiger partial charge in [0.25, 0.3) is 0 Å². The van der Waals surface area contributed by atoms with Crippen LogP contribution >= 0.6 is 24.0 Å². The molecule has 0 radical (unpaired) electrons. The molecule has 0 atom stereocenters. The number of hydrogen-bond acceptors (Lipinski definition) is 1. The molecule has 3 heteroatoms. The van der Waals surface area contributed by atoms with E-state index in [-0.39, 0.29) is 12.4 Å². The molecule has 1 nitrogen and oxygen atoms in total. The SMILES string of the molecule is Cl.Clc1cc(C2C3CC4CC(C3)CC2C4)ccc1C#CCCNCCC1CCCCC1. The summed E-state index contributed by atoms with van der Waals surface area (Å²) in [5, 5.41) is 4.44. The van der Waals surface area contributed by atoms with E-state index in [1.54, 1.807) is 0 Å². The normalized spacial score (nSPS) is 31.7. The van der Waals surface area contributed by atoms with E-state index in [1.807, 2.05) is 0 Å². The zero-order chi connectivity index (χ0) is 20.3. The van der Waals surface area contributed by atoms with Gasteiger partial charge in [-0.05, 0) is 98.3 Å². The quantitative estimate of drug-likeness (QED) is 0.340. The lowest BCUT2D eigenvalue weighted by Crippen LogP contribution is -2.43. The van der Waals surface area contributed by atoms with Crippen LogP contribution in [0.3, 0.4) is 0 Å². The summed E-state index contributed by atoms with van der Waals surface area (Å²) in [6, 6.07) is 6.78. The van der Waals surface area contributed by atoms with Crippen LogP contribution in [0.15, 0.2) is 18.2 Å². The predicted molar refractivity (Wildman–Crippen MR) is 134 cm³/mol. The van der Waals surface area contributed by atoms with Crippen molar-refractivity contribution in [2.24, 2.45) is 29.6 Å². The molecule has 4 bridgehead atoms. The Bertz CT molecular complexity index is 758. The van der Waals surface area contributed by atoms with E-state index in [1.165, 1.54) is 76.2 Å². The van der Waals surface area contributed by atoms with Gasteiger partial charge in [-0.15, -0.1) is 12.4 Å². The largest absolute Gasteiger partial charge is 0.316 e. The predicted octanol–water partition coefficient (Wildman–Crippen LogP) is 7.60. The van der Waals surface area contributed by atoms with E-state index in [0.29, 0.717) is 0 Å². The maximum atomic E-state index is 6.67. The van der Waals surface area contributed by atoms with Crippen molar-refractivity contribution < 1.29 is 0 Å². The Morgan fingerprint density at radius 1 is 0.903 bits per heavy atom. The first-order valence-electron chi connectivity index (χ1n) is 12.8. The summed E-state index contributed by atoms with van der Waals surface area (Å²) >= 11 is 6.67. The van der Waals surface area contributed by atoms with Gasteiger partial charge in [0.15, 0.2) is 0 Å². The lowest BCUT2D eigenvalue weighted by atomic mass is 9.51. The van der Waals surface area contributed by atoms with Crippen LogP contribution in [0.2, 0.25) is 5.02 Å². The highest BCUT2D eigenvalue weighted by molar-refractivity contribution is 6.31. The van der Waals surface area contributed by atoms with Crippen LogP contribution < -0.4 is 5.32 Å². The van der Waals surface area contributed by atoms with Crippen LogP contribution in [0.25, 0.3) is 0 Å². The standard InChI is InChI=1S/C28H38ClN.ClH/c29-27-19-24(28-25-15-21-14-22(17-25)18-26(28)16-21)10-9-23(27)8-4-5-12-30-13-11-20-6-2-1-3-7-20;/h9-10,19-22,25-26,28,30H,1-3,5-7,11-18H2;1H. The van der Waals surface area contributed by atoms with Crippen molar-refractivity contribution in [3.8, 4) is 11.8 Å². The van der Waals surface area contributed by atoms with Gasteiger partial charge in [0.2, 0.25) is 0 Å². The third kappa shape index (κ3) is 5.63. The van der Waals surface area contributed by atoms with Crippen molar-refractivity contribution in [1.82, 2.24) is 5.32 Å². The van der Waals surface area contributed by atoms with Gasteiger partial charge in [0, 0.05) is 18.5 Å². The van der Waals surface area contributed by atoms with Gasteiger partial charge in [-0.25, -0.2) is 0 Å². The van der Waals surface area contributed by atoms with Crippen molar-refractivity contribution in [2.45, 2.75) is 83.0 Å². The summed E-state index contributed by atoms with van der Waals surface area (Å²) in [4.78, 5) is 0. The summed E-state index contributed by atoms with van der Waals surface area (Å²) in [6.45, 7) is 2.14. The minimum atomic E-state index is 0. The van der Waals surface area contributed by atoms with Gasteiger partial charge in [0.05, 0.1) is 5.02 Å². The van der Waals surface area contributed by atoms with Gasteiger partial charge in [0.1, 0.15) is 0 Å². The summed E-state index contributed by atoms with van der Waals surface area (Å²) < 4.78 is 0. The molecule has 5 aliphatic rings. The highest BCUT2D eigenvalue weighted by Gasteiger charge is 2.48. The topological polar surface area (TPSA) is 12.0 Å². The molecule has 6 rings (SSSR count). The Hall–Kier alpha value is -0.680. The lowest BCUT2D eigenvalue weighted by molar-refractivity contribution is -0.00277. The van der Waals surface area contributed by atoms with Crippen molar-refractivity contribution in [3.63, 3.8) is 0 Å². The Kier molecular flexibility index (Phi) is 8.30. The summed E-state index contributed by atoms with van der Waals surface area (Å²) in [7, 11) is 0. The van der Waals surface area contributed by atoms with Crippen molar-refractivity contribution in [2.75, 3.05) is 13.1 Å². The third-order valence-electron chi connectivity index (χ3n) is 8.71. The number of benzene rings is 1. The fourth-order valence-electron chi connectivity index (χ4n) is 7.53. The molecular formula is C28H39Cl2N. The number of nitrogens with one attached hydrogen (secondary N) is 1. The van der Waals surface area contributed by atoms with E-state index >= 15 is 0 Å². The maximum Gasteiger partial charge on any atom is 0.0565 e. The first-order valence-corrected chi connectivity index (χ1v) is 13.1. The second kappa shape index (κ2) is 11.0. The highest BCUT2D eigenvalue weighted by atomic mass is 35.5. The van der Waals surface area contributed by atoms with Gasteiger partial charge in [-0.2, -0.15) is 0 Å². The molecule has 1 aromatic carbocycles. The minimum absolute atomic E-state index is 0. The van der Waals surface area contributed by atoms with Crippen LogP contribution in [0.5, 0.6) is 0 Å². The van der Waals surface area contributed by atoms with Gasteiger partial charge in [-0.1, -0.05) is 61.6 Å². The molecule has 31 heavy (non-hydrogen) atoms. The molecule has 0 spiro atoms. The maximum absolute atomic E-state index is 6.67. The molecule has 1 aromatic rings. The molecule has 0 aliphatic heterocycles. The smallest absolute Gasteiger partial charge is 0.0565 e. The van der Waals surface area contributed by atoms with Crippen LogP contribution in [0, 0.1) is 41.4 Å². The molecule has 0 unspecified atom stereocenters. The second-order valence-electron chi connectivity index (χ2n) is 10.8. The fraction of sp³-hybridized carbons (Fsp3) is 0.714. The molecule has 5 aliphatic carbocycles. The molecule has 0 aromatic heterocycles. The average Bonchev–Trinajstić information content (AvgIpc) is 2.74. The molecule has 0 amide bonds. The van der Waals surface area contributed by atoms with Gasteiger partial charge in [-0.3, -0.25) is 0 Å². The van der Waals surface area contributed by atoms with Gasteiger partial charge >= 0.3 is 0 Å². The molecule has 5 saturated carbocycles. The van der Waals surface area contributed by atoms with Gasteiger partial charge < -0.3 is 5.32 Å². The van der Waals surface area contributed by atoms with Crippen LogP contribution in [0.4, 0.5) is 0 Å². The van der Waals surface area contributed by atoms with Crippen LogP contribution in [-0.2, 0) is 0 Å². The fourth-order valence-corrected chi connectivity index (χ4v) is 7.76. The summed E-state index contributed by atoms with van der Waals surface area (Å²) in [6.07, 6.45) is 16.8. The van der Waals surface area contributed by atoms with Crippen molar-refractivity contribution >= 4 is 24.0 Å². The summed E-state index contributed by atoms with van der Waals surface area (Å²) in [5.41, 5.74) is 2.50. The number of hydrogen-bond donors (Lipinski definition) is 1. The summed E-state index contributed by atoms with van der Waals surface area (Å²) in [5.74, 6) is 12.3. The zero-order valence-corrected chi connectivity index (χ0v) is 20.5. The lowest BCUT2D eigenvalue weighted by Gasteiger charge is -2.54. The minimum Gasteiger partial charge on any atom is -0.316 e. The Morgan fingerprint density at radius 2 is 1.61 bits per heavy atom. The molecule has 170 valence electrons. The first kappa shape index (κ1) is 23.5. The Labute approximate surface area is 200 Å². The van der Waals surface area contributed by atoms with Crippen molar-refractivity contribution in [1.29, 1.82) is 0 Å². The van der Waals surface area contributed by atoms with E-state index in [2.05, 4.69) is 35.4 Å². The molecule has 1 N–H and O–H groups in total. The van der Waals surface area contributed by atoms with E-state index in [0.717, 1.165) is 65.6 Å². The Morgan fingerprint density at radius 3 is 2.29 bits per heavy atom. The zero-order valence-electron chi connectivity index (χ0n) is 18.9.